The molecular weight excluding hydrogens is 360 g/mol. The average molecular weight is 389 g/mol. The summed E-state index contributed by atoms with van der Waals surface area (Å²) < 4.78 is 27.2. The average Bonchev–Trinajstić information content (AvgIpc) is 2.59. The molecule has 1 N–H and O–H groups in total. The van der Waals surface area contributed by atoms with Crippen molar-refractivity contribution in [1.29, 1.82) is 0 Å². The molecule has 5 nitrogen and oxygen atoms in total. The van der Waals surface area contributed by atoms with Gasteiger partial charge in [-0.15, -0.1) is 0 Å². The number of hydrogen-bond donors (Lipinski definition) is 1. The van der Waals surface area contributed by atoms with Crippen LogP contribution in [0.4, 0.5) is 0 Å². The van der Waals surface area contributed by atoms with E-state index in [1.165, 1.54) is 4.31 Å². The molecule has 0 aliphatic heterocycles. The molecule has 2 rings (SSSR count). The molecule has 0 radical (unpaired) electrons. The fourth-order valence-corrected chi connectivity index (χ4v) is 4.04. The summed E-state index contributed by atoms with van der Waals surface area (Å²) in [6, 6.07) is 13.9. The molecule has 0 heterocycles. The van der Waals surface area contributed by atoms with Gasteiger partial charge >= 0.3 is 0 Å². The lowest BCUT2D eigenvalue weighted by atomic mass is 10.1. The monoisotopic (exact) mass is 388 g/mol. The van der Waals surface area contributed by atoms with Crippen molar-refractivity contribution in [3.8, 4) is 0 Å². The molecule has 0 aliphatic carbocycles. The number of carbonyl (C=O) groups excluding carboxylic acids is 1. The first-order valence-corrected chi connectivity index (χ1v) is 10.5. The summed E-state index contributed by atoms with van der Waals surface area (Å²) in [5.74, 6) is -0.145. The van der Waals surface area contributed by atoms with E-state index in [0.717, 1.165) is 11.1 Å². The van der Waals surface area contributed by atoms with Gasteiger partial charge in [-0.05, 0) is 57.5 Å². The van der Waals surface area contributed by atoms with Gasteiger partial charge in [-0.3, -0.25) is 4.79 Å². The Morgan fingerprint density at radius 1 is 1.00 bits per heavy atom. The molecule has 0 unspecified atom stereocenters. The SMILES string of the molecule is CCN(Cc1ccc(C(=O)NC(C)(C)C)cc1)S(=O)(=O)c1ccc(C)cc1. The summed E-state index contributed by atoms with van der Waals surface area (Å²) in [7, 11) is -3.56. The Bertz CT molecular complexity index is 881. The van der Waals surface area contributed by atoms with Crippen molar-refractivity contribution < 1.29 is 13.2 Å². The van der Waals surface area contributed by atoms with Crippen molar-refractivity contribution >= 4 is 15.9 Å². The van der Waals surface area contributed by atoms with Crippen molar-refractivity contribution in [3.05, 3.63) is 65.2 Å². The molecule has 6 heteroatoms. The van der Waals surface area contributed by atoms with Gasteiger partial charge < -0.3 is 5.32 Å². The highest BCUT2D eigenvalue weighted by Gasteiger charge is 2.23. The molecule has 0 saturated carbocycles. The lowest BCUT2D eigenvalue weighted by molar-refractivity contribution is 0.0919. The quantitative estimate of drug-likeness (QED) is 0.820. The minimum Gasteiger partial charge on any atom is -0.347 e. The molecule has 2 aromatic carbocycles. The van der Waals surface area contributed by atoms with E-state index in [1.54, 1.807) is 48.5 Å². The number of nitrogens with one attached hydrogen (secondary N) is 1. The van der Waals surface area contributed by atoms with Crippen LogP contribution in [0.3, 0.4) is 0 Å². The topological polar surface area (TPSA) is 66.5 Å². The van der Waals surface area contributed by atoms with Gasteiger partial charge in [0.05, 0.1) is 4.90 Å². The maximum Gasteiger partial charge on any atom is 0.251 e. The zero-order valence-electron chi connectivity index (χ0n) is 16.6. The molecule has 1 amide bonds. The van der Waals surface area contributed by atoms with E-state index in [1.807, 2.05) is 34.6 Å². The number of amides is 1. The number of benzene rings is 2. The first-order chi connectivity index (χ1) is 12.5. The second kappa shape index (κ2) is 8.23. The van der Waals surface area contributed by atoms with Gasteiger partial charge in [0.15, 0.2) is 0 Å². The highest BCUT2D eigenvalue weighted by atomic mass is 32.2. The number of carbonyl (C=O) groups is 1. The smallest absolute Gasteiger partial charge is 0.251 e. The third kappa shape index (κ3) is 5.65. The van der Waals surface area contributed by atoms with Crippen molar-refractivity contribution in [1.82, 2.24) is 9.62 Å². The van der Waals surface area contributed by atoms with E-state index >= 15 is 0 Å². The third-order valence-electron chi connectivity index (χ3n) is 4.08. The van der Waals surface area contributed by atoms with Crippen molar-refractivity contribution in [3.63, 3.8) is 0 Å². The highest BCUT2D eigenvalue weighted by Crippen LogP contribution is 2.19. The molecule has 0 fully saturated rings. The van der Waals surface area contributed by atoms with Gasteiger partial charge in [-0.25, -0.2) is 8.42 Å². The Kier molecular flexibility index (Phi) is 6.44. The summed E-state index contributed by atoms with van der Waals surface area (Å²) in [5.41, 5.74) is 2.09. The lowest BCUT2D eigenvalue weighted by Crippen LogP contribution is -2.40. The predicted molar refractivity (Wildman–Crippen MR) is 108 cm³/mol. The number of hydrogen-bond acceptors (Lipinski definition) is 3. The van der Waals surface area contributed by atoms with E-state index in [2.05, 4.69) is 5.32 Å². The summed E-state index contributed by atoms with van der Waals surface area (Å²) >= 11 is 0. The predicted octanol–water partition coefficient (Wildman–Crippen LogP) is 3.73. The molecule has 0 aromatic heterocycles. The second-order valence-electron chi connectivity index (χ2n) is 7.65. The molecule has 146 valence electrons. The molecule has 0 saturated heterocycles. The molecular formula is C21H28N2O3S. The van der Waals surface area contributed by atoms with Crippen LogP contribution in [0.1, 0.15) is 49.2 Å². The van der Waals surface area contributed by atoms with E-state index in [0.29, 0.717) is 12.1 Å². The molecule has 27 heavy (non-hydrogen) atoms. The van der Waals surface area contributed by atoms with Crippen molar-refractivity contribution in [2.45, 2.75) is 51.6 Å². The van der Waals surface area contributed by atoms with Crippen LogP contribution in [0.5, 0.6) is 0 Å². The Morgan fingerprint density at radius 2 is 1.56 bits per heavy atom. The van der Waals surface area contributed by atoms with E-state index in [4.69, 9.17) is 0 Å². The minimum absolute atomic E-state index is 0.145. The summed E-state index contributed by atoms with van der Waals surface area (Å²) in [5, 5.41) is 2.91. The maximum atomic E-state index is 12.9. The third-order valence-corrected chi connectivity index (χ3v) is 6.01. The van der Waals surface area contributed by atoms with Crippen LogP contribution < -0.4 is 5.32 Å². The number of sulfonamides is 1. The summed E-state index contributed by atoms with van der Waals surface area (Å²) in [6.45, 7) is 10.1. The Balaban J connectivity index is 2.16. The zero-order chi connectivity index (χ0) is 20.2. The van der Waals surface area contributed by atoms with Crippen LogP contribution >= 0.6 is 0 Å². The molecule has 0 bridgehead atoms. The van der Waals surface area contributed by atoms with Gasteiger partial charge in [-0.1, -0.05) is 36.8 Å². The Hall–Kier alpha value is -2.18. The van der Waals surface area contributed by atoms with Gasteiger partial charge in [0.2, 0.25) is 10.0 Å². The van der Waals surface area contributed by atoms with E-state index in [9.17, 15) is 13.2 Å². The van der Waals surface area contributed by atoms with Crippen LogP contribution in [-0.4, -0.2) is 30.7 Å². The Labute approximate surface area is 162 Å². The van der Waals surface area contributed by atoms with Crippen LogP contribution in [-0.2, 0) is 16.6 Å². The number of rotatable bonds is 6. The molecule has 2 aromatic rings. The minimum atomic E-state index is -3.56. The van der Waals surface area contributed by atoms with Crippen LogP contribution in [0.25, 0.3) is 0 Å². The normalized spacial score (nSPS) is 12.2. The van der Waals surface area contributed by atoms with Crippen molar-refractivity contribution in [2.75, 3.05) is 6.54 Å². The van der Waals surface area contributed by atoms with Gasteiger partial charge in [0.1, 0.15) is 0 Å². The van der Waals surface area contributed by atoms with E-state index < -0.39 is 10.0 Å². The van der Waals surface area contributed by atoms with Crippen LogP contribution in [0, 0.1) is 6.92 Å². The summed E-state index contributed by atoms with van der Waals surface area (Å²) in [4.78, 5) is 12.5. The van der Waals surface area contributed by atoms with Crippen LogP contribution in [0.2, 0.25) is 0 Å². The maximum absolute atomic E-state index is 12.9. The fraction of sp³-hybridized carbons (Fsp3) is 0.381. The standard InChI is InChI=1S/C21H28N2O3S/c1-6-23(27(25,26)19-13-7-16(2)8-14-19)15-17-9-11-18(12-10-17)20(24)22-21(3,4)5/h7-14H,6,15H2,1-5H3,(H,22,24). The highest BCUT2D eigenvalue weighted by molar-refractivity contribution is 7.89. The van der Waals surface area contributed by atoms with E-state index in [-0.39, 0.29) is 22.9 Å². The Morgan fingerprint density at radius 3 is 2.04 bits per heavy atom. The first kappa shape index (κ1) is 21.1. The second-order valence-corrected chi connectivity index (χ2v) is 9.58. The van der Waals surface area contributed by atoms with Crippen LogP contribution in [0.15, 0.2) is 53.4 Å². The molecule has 0 atom stereocenters. The van der Waals surface area contributed by atoms with Gasteiger partial charge in [-0.2, -0.15) is 4.31 Å². The molecule has 0 aliphatic rings. The lowest BCUT2D eigenvalue weighted by Gasteiger charge is -2.22. The zero-order valence-corrected chi connectivity index (χ0v) is 17.4. The number of aryl methyl sites for hydroxylation is 1. The largest absolute Gasteiger partial charge is 0.347 e. The van der Waals surface area contributed by atoms with Gasteiger partial charge in [0, 0.05) is 24.2 Å². The molecule has 0 spiro atoms. The fourth-order valence-electron chi connectivity index (χ4n) is 2.60. The summed E-state index contributed by atoms with van der Waals surface area (Å²) in [6.07, 6.45) is 0. The van der Waals surface area contributed by atoms with Gasteiger partial charge in [0.25, 0.3) is 5.91 Å². The first-order valence-electron chi connectivity index (χ1n) is 9.01. The van der Waals surface area contributed by atoms with Crippen molar-refractivity contribution in [2.24, 2.45) is 0 Å². The number of nitrogens with zero attached hydrogens (tertiary/aromatic N) is 1.